The molecule has 2 aromatic carbocycles. The van der Waals surface area contributed by atoms with Gasteiger partial charge in [-0.25, -0.2) is 0 Å². The average molecular weight is 359 g/mol. The van der Waals surface area contributed by atoms with Crippen LogP contribution in [0.15, 0.2) is 59.5 Å². The number of hydrogen-bond acceptors (Lipinski definition) is 4. The molecule has 2 aromatic rings. The third-order valence-electron chi connectivity index (χ3n) is 4.46. The van der Waals surface area contributed by atoms with Crippen LogP contribution in [0, 0.1) is 0 Å². The molecule has 0 spiro atoms. The molecule has 0 saturated carbocycles. The summed E-state index contributed by atoms with van der Waals surface area (Å²) in [7, 11) is 1.69. The van der Waals surface area contributed by atoms with Crippen LogP contribution in [-0.2, 0) is 11.2 Å². The van der Waals surface area contributed by atoms with Crippen LogP contribution >= 0.6 is 11.8 Å². The van der Waals surface area contributed by atoms with Crippen LogP contribution in [0.2, 0.25) is 0 Å². The van der Waals surface area contributed by atoms with Gasteiger partial charge in [-0.05, 0) is 42.9 Å². The predicted molar refractivity (Wildman–Crippen MR) is 104 cm³/mol. The molecular weight excluding hydrogens is 332 g/mol. The molecule has 2 rings (SSSR count). The molecule has 0 aliphatic carbocycles. The lowest BCUT2D eigenvalue weighted by Gasteiger charge is -2.31. The summed E-state index contributed by atoms with van der Waals surface area (Å²) in [6, 6.07) is 16.4. The fraction of sp³-hybridized carbons (Fsp3) is 0.350. The second kappa shape index (κ2) is 9.04. The summed E-state index contributed by atoms with van der Waals surface area (Å²) in [5, 5.41) is 10.5. The molecule has 5 heteroatoms. The van der Waals surface area contributed by atoms with E-state index >= 15 is 0 Å². The molecular formula is C20H26N2O2S. The number of rotatable bonds is 7. The fourth-order valence-electron chi connectivity index (χ4n) is 2.74. The molecule has 134 valence electrons. The van der Waals surface area contributed by atoms with Crippen molar-refractivity contribution in [1.29, 1.82) is 0 Å². The first-order chi connectivity index (χ1) is 11.9. The topological polar surface area (TPSA) is 66.6 Å². The van der Waals surface area contributed by atoms with Gasteiger partial charge >= 0.3 is 0 Å². The van der Waals surface area contributed by atoms with E-state index in [0.29, 0.717) is 6.42 Å². The van der Waals surface area contributed by atoms with Crippen molar-refractivity contribution >= 4 is 17.7 Å². The van der Waals surface area contributed by atoms with E-state index in [1.165, 1.54) is 0 Å². The van der Waals surface area contributed by atoms with Crippen molar-refractivity contribution in [2.24, 2.45) is 5.73 Å². The Morgan fingerprint density at radius 2 is 1.88 bits per heavy atom. The van der Waals surface area contributed by atoms with E-state index in [1.54, 1.807) is 23.7 Å². The molecule has 4 nitrogen and oxygen atoms in total. The van der Waals surface area contributed by atoms with Gasteiger partial charge in [0.1, 0.15) is 0 Å². The highest BCUT2D eigenvalue weighted by molar-refractivity contribution is 7.98. The minimum atomic E-state index is -0.748. The van der Waals surface area contributed by atoms with E-state index in [2.05, 4.69) is 6.07 Å². The summed E-state index contributed by atoms with van der Waals surface area (Å²) in [5.41, 5.74) is 7.97. The molecule has 0 saturated heterocycles. The zero-order chi connectivity index (χ0) is 18.4. The van der Waals surface area contributed by atoms with Crippen LogP contribution in [-0.4, -0.2) is 41.3 Å². The molecule has 0 aromatic heterocycles. The molecule has 0 heterocycles. The first-order valence-electron chi connectivity index (χ1n) is 8.32. The van der Waals surface area contributed by atoms with Crippen LogP contribution in [0.4, 0.5) is 0 Å². The van der Waals surface area contributed by atoms with E-state index in [9.17, 15) is 9.90 Å². The SMILES string of the molecule is CSc1cccc(C[C@H](N)C(=O)N(C)[C@H](C)[C@H](O)c2ccccc2)c1. The first kappa shape index (κ1) is 19.5. The molecule has 3 atom stereocenters. The quantitative estimate of drug-likeness (QED) is 0.747. The lowest BCUT2D eigenvalue weighted by Crippen LogP contribution is -2.48. The third-order valence-corrected chi connectivity index (χ3v) is 5.19. The normalized spacial score (nSPS) is 14.6. The molecule has 3 N–H and O–H groups in total. The number of amides is 1. The second-order valence-corrected chi connectivity index (χ2v) is 7.09. The maximum absolute atomic E-state index is 12.7. The van der Waals surface area contributed by atoms with Crippen LogP contribution in [0.3, 0.4) is 0 Å². The number of benzene rings is 2. The molecule has 0 aliphatic heterocycles. The van der Waals surface area contributed by atoms with Crippen molar-refractivity contribution < 1.29 is 9.90 Å². The van der Waals surface area contributed by atoms with Gasteiger partial charge in [0.15, 0.2) is 0 Å². The number of carbonyl (C=O) groups is 1. The number of thioether (sulfide) groups is 1. The highest BCUT2D eigenvalue weighted by Crippen LogP contribution is 2.21. The molecule has 0 unspecified atom stereocenters. The van der Waals surface area contributed by atoms with Crippen molar-refractivity contribution in [2.45, 2.75) is 36.4 Å². The van der Waals surface area contributed by atoms with Gasteiger partial charge in [-0.15, -0.1) is 11.8 Å². The summed E-state index contributed by atoms with van der Waals surface area (Å²) in [6.07, 6.45) is 1.75. The van der Waals surface area contributed by atoms with E-state index in [4.69, 9.17) is 5.73 Å². The Labute approximate surface area is 154 Å². The van der Waals surface area contributed by atoms with Crippen LogP contribution in [0.25, 0.3) is 0 Å². The maximum atomic E-state index is 12.7. The van der Waals surface area contributed by atoms with E-state index < -0.39 is 12.1 Å². The number of nitrogens with two attached hydrogens (primary N) is 1. The zero-order valence-electron chi connectivity index (χ0n) is 14.9. The number of hydrogen-bond donors (Lipinski definition) is 2. The summed E-state index contributed by atoms with van der Waals surface area (Å²) in [5.74, 6) is -0.169. The van der Waals surface area contributed by atoms with Crippen molar-refractivity contribution in [3.05, 3.63) is 65.7 Å². The number of aliphatic hydroxyl groups is 1. The molecule has 0 bridgehead atoms. The largest absolute Gasteiger partial charge is 0.386 e. The highest BCUT2D eigenvalue weighted by atomic mass is 32.2. The van der Waals surface area contributed by atoms with Gasteiger partial charge in [0, 0.05) is 11.9 Å². The van der Waals surface area contributed by atoms with Crippen molar-refractivity contribution in [3.63, 3.8) is 0 Å². The minimum Gasteiger partial charge on any atom is -0.386 e. The summed E-state index contributed by atoms with van der Waals surface area (Å²) >= 11 is 1.66. The Kier molecular flexibility index (Phi) is 7.05. The Morgan fingerprint density at radius 1 is 1.20 bits per heavy atom. The summed E-state index contributed by atoms with van der Waals surface area (Å²) < 4.78 is 0. The zero-order valence-corrected chi connectivity index (χ0v) is 15.7. The van der Waals surface area contributed by atoms with E-state index in [1.807, 2.05) is 61.7 Å². The molecule has 0 radical (unpaired) electrons. The average Bonchev–Trinajstić information content (AvgIpc) is 2.66. The van der Waals surface area contributed by atoms with Gasteiger partial charge < -0.3 is 15.7 Å². The van der Waals surface area contributed by atoms with Crippen molar-refractivity contribution in [2.75, 3.05) is 13.3 Å². The van der Waals surface area contributed by atoms with Crippen LogP contribution < -0.4 is 5.73 Å². The number of aliphatic hydroxyl groups excluding tert-OH is 1. The monoisotopic (exact) mass is 358 g/mol. The maximum Gasteiger partial charge on any atom is 0.239 e. The Bertz CT molecular complexity index is 693. The van der Waals surface area contributed by atoms with Crippen molar-refractivity contribution in [3.8, 4) is 0 Å². The molecule has 0 fully saturated rings. The molecule has 0 aliphatic rings. The van der Waals surface area contributed by atoms with E-state index in [-0.39, 0.29) is 11.9 Å². The summed E-state index contributed by atoms with van der Waals surface area (Å²) in [6.45, 7) is 1.83. The molecule has 1 amide bonds. The number of likely N-dealkylation sites (N-methyl/N-ethyl adjacent to an activating group) is 1. The van der Waals surface area contributed by atoms with Crippen LogP contribution in [0.5, 0.6) is 0 Å². The lowest BCUT2D eigenvalue weighted by atomic mass is 10.0. The standard InChI is InChI=1S/C20H26N2O2S/c1-14(19(23)16-9-5-4-6-10-16)22(2)20(24)18(21)13-15-8-7-11-17(12-15)25-3/h4-12,14,18-19,23H,13,21H2,1-3H3/t14-,18+,19+/m1/s1. The van der Waals surface area contributed by atoms with Gasteiger partial charge in [0.05, 0.1) is 18.2 Å². The van der Waals surface area contributed by atoms with Crippen molar-refractivity contribution in [1.82, 2.24) is 4.90 Å². The number of nitrogens with zero attached hydrogens (tertiary/aromatic N) is 1. The Hall–Kier alpha value is -1.82. The molecule has 25 heavy (non-hydrogen) atoms. The predicted octanol–water partition coefficient (Wildman–Crippen LogP) is 2.86. The Morgan fingerprint density at radius 3 is 2.52 bits per heavy atom. The number of carbonyl (C=O) groups excluding carboxylic acids is 1. The second-order valence-electron chi connectivity index (χ2n) is 6.21. The van der Waals surface area contributed by atoms with Gasteiger partial charge in [-0.3, -0.25) is 4.79 Å². The van der Waals surface area contributed by atoms with Gasteiger partial charge in [0.25, 0.3) is 0 Å². The Balaban J connectivity index is 2.02. The van der Waals surface area contributed by atoms with Gasteiger partial charge in [-0.1, -0.05) is 42.5 Å². The fourth-order valence-corrected chi connectivity index (χ4v) is 3.23. The smallest absolute Gasteiger partial charge is 0.239 e. The third kappa shape index (κ3) is 5.08. The highest BCUT2D eigenvalue weighted by Gasteiger charge is 2.27. The van der Waals surface area contributed by atoms with E-state index in [0.717, 1.165) is 16.0 Å². The van der Waals surface area contributed by atoms with Crippen LogP contribution in [0.1, 0.15) is 24.2 Å². The van der Waals surface area contributed by atoms with Gasteiger partial charge in [0.2, 0.25) is 5.91 Å². The minimum absolute atomic E-state index is 0.169. The van der Waals surface area contributed by atoms with Gasteiger partial charge in [-0.2, -0.15) is 0 Å². The first-order valence-corrected chi connectivity index (χ1v) is 9.54. The lowest BCUT2D eigenvalue weighted by molar-refractivity contribution is -0.135. The summed E-state index contributed by atoms with van der Waals surface area (Å²) in [4.78, 5) is 15.4.